The molecular formula is C11H14N4O4. The standard InChI is InChI=1S/C11H14N4O4/c1-3-7-9(16)13-11(18)15(10(7)17)5-4-8-12-6(2)14-19-8/h17H,3-5H2,1-2H3,(H,13,16,18). The first kappa shape index (κ1) is 13.1. The van der Waals surface area contributed by atoms with Crippen molar-refractivity contribution in [1.29, 1.82) is 0 Å². The van der Waals surface area contributed by atoms with Crippen LogP contribution in [0.2, 0.25) is 0 Å². The molecule has 0 aliphatic rings. The van der Waals surface area contributed by atoms with Gasteiger partial charge in [0.2, 0.25) is 11.8 Å². The molecule has 2 heterocycles. The SMILES string of the molecule is CCc1c(O)n(CCc2nc(C)no2)c(=O)[nH]c1=O. The third kappa shape index (κ3) is 2.56. The molecule has 0 aliphatic carbocycles. The minimum Gasteiger partial charge on any atom is -0.494 e. The van der Waals surface area contributed by atoms with Gasteiger partial charge in [-0.3, -0.25) is 14.3 Å². The van der Waals surface area contributed by atoms with Crippen molar-refractivity contribution in [2.24, 2.45) is 0 Å². The van der Waals surface area contributed by atoms with Crippen LogP contribution >= 0.6 is 0 Å². The molecule has 102 valence electrons. The average Bonchev–Trinajstić information content (AvgIpc) is 2.75. The second kappa shape index (κ2) is 5.09. The predicted octanol–water partition coefficient (Wildman–Crippen LogP) is -0.261. The Kier molecular flexibility index (Phi) is 3.50. The lowest BCUT2D eigenvalue weighted by Gasteiger charge is -2.08. The molecule has 0 aliphatic heterocycles. The van der Waals surface area contributed by atoms with E-state index in [1.54, 1.807) is 13.8 Å². The minimum absolute atomic E-state index is 0.149. The smallest absolute Gasteiger partial charge is 0.331 e. The predicted molar refractivity (Wildman–Crippen MR) is 65.1 cm³/mol. The lowest BCUT2D eigenvalue weighted by molar-refractivity contribution is 0.353. The molecule has 0 radical (unpaired) electrons. The van der Waals surface area contributed by atoms with Crippen molar-refractivity contribution in [3.63, 3.8) is 0 Å². The molecule has 0 saturated carbocycles. The summed E-state index contributed by atoms with van der Waals surface area (Å²) in [7, 11) is 0. The summed E-state index contributed by atoms with van der Waals surface area (Å²) in [6.07, 6.45) is 0.630. The summed E-state index contributed by atoms with van der Waals surface area (Å²) >= 11 is 0. The van der Waals surface area contributed by atoms with E-state index >= 15 is 0 Å². The van der Waals surface area contributed by atoms with Gasteiger partial charge in [-0.05, 0) is 13.3 Å². The van der Waals surface area contributed by atoms with E-state index in [-0.39, 0.29) is 18.0 Å². The van der Waals surface area contributed by atoms with Gasteiger partial charge < -0.3 is 9.63 Å². The van der Waals surface area contributed by atoms with Crippen molar-refractivity contribution in [3.05, 3.63) is 38.1 Å². The quantitative estimate of drug-likeness (QED) is 0.788. The van der Waals surface area contributed by atoms with Gasteiger partial charge in [-0.1, -0.05) is 12.1 Å². The molecule has 2 rings (SSSR count). The molecule has 0 atom stereocenters. The van der Waals surface area contributed by atoms with Crippen molar-refractivity contribution >= 4 is 0 Å². The van der Waals surface area contributed by atoms with E-state index in [0.717, 1.165) is 4.57 Å². The fourth-order valence-corrected chi connectivity index (χ4v) is 1.78. The van der Waals surface area contributed by atoms with Crippen LogP contribution in [0.1, 0.15) is 24.2 Å². The number of hydrogen-bond donors (Lipinski definition) is 2. The van der Waals surface area contributed by atoms with E-state index in [2.05, 4.69) is 15.1 Å². The number of aromatic hydroxyl groups is 1. The van der Waals surface area contributed by atoms with Gasteiger partial charge in [-0.15, -0.1) is 0 Å². The molecule has 0 amide bonds. The Morgan fingerprint density at radius 3 is 2.74 bits per heavy atom. The van der Waals surface area contributed by atoms with Gasteiger partial charge >= 0.3 is 5.69 Å². The normalized spacial score (nSPS) is 10.8. The van der Waals surface area contributed by atoms with Crippen LogP contribution in [0, 0.1) is 6.92 Å². The van der Waals surface area contributed by atoms with Crippen molar-refractivity contribution < 1.29 is 9.63 Å². The summed E-state index contributed by atoms with van der Waals surface area (Å²) in [4.78, 5) is 29.3. The number of aromatic nitrogens is 4. The molecule has 8 nitrogen and oxygen atoms in total. The van der Waals surface area contributed by atoms with Crippen LogP contribution in [0.4, 0.5) is 0 Å². The molecule has 0 saturated heterocycles. The van der Waals surface area contributed by atoms with E-state index in [1.165, 1.54) is 0 Å². The van der Waals surface area contributed by atoms with Crippen molar-refractivity contribution in [1.82, 2.24) is 19.7 Å². The third-order valence-electron chi connectivity index (χ3n) is 2.74. The third-order valence-corrected chi connectivity index (χ3v) is 2.74. The van der Waals surface area contributed by atoms with Gasteiger partial charge in [0.15, 0.2) is 5.82 Å². The zero-order chi connectivity index (χ0) is 14.0. The number of nitrogens with zero attached hydrogens (tertiary/aromatic N) is 3. The van der Waals surface area contributed by atoms with Crippen LogP contribution in [0.25, 0.3) is 0 Å². The first-order chi connectivity index (χ1) is 9.02. The van der Waals surface area contributed by atoms with Gasteiger partial charge in [0.1, 0.15) is 0 Å². The highest BCUT2D eigenvalue weighted by Crippen LogP contribution is 2.11. The topological polar surface area (TPSA) is 114 Å². The molecule has 19 heavy (non-hydrogen) atoms. The van der Waals surface area contributed by atoms with Crippen LogP contribution in [0.5, 0.6) is 5.88 Å². The maximum atomic E-state index is 11.6. The Bertz CT molecular complexity index is 697. The van der Waals surface area contributed by atoms with E-state index in [4.69, 9.17) is 4.52 Å². The molecule has 0 fully saturated rings. The Balaban J connectivity index is 2.30. The summed E-state index contributed by atoms with van der Waals surface area (Å²) in [5.41, 5.74) is -1.04. The highest BCUT2D eigenvalue weighted by Gasteiger charge is 2.13. The van der Waals surface area contributed by atoms with Crippen LogP contribution in [0.15, 0.2) is 14.1 Å². The molecule has 0 unspecified atom stereocenters. The van der Waals surface area contributed by atoms with E-state index in [1.807, 2.05) is 0 Å². The summed E-state index contributed by atoms with van der Waals surface area (Å²) < 4.78 is 6.00. The molecule has 2 N–H and O–H groups in total. The lowest BCUT2D eigenvalue weighted by atomic mass is 10.2. The van der Waals surface area contributed by atoms with Crippen LogP contribution in [-0.2, 0) is 19.4 Å². The largest absolute Gasteiger partial charge is 0.494 e. The number of nitrogens with one attached hydrogen (secondary N) is 1. The van der Waals surface area contributed by atoms with E-state index in [9.17, 15) is 14.7 Å². The van der Waals surface area contributed by atoms with E-state index in [0.29, 0.717) is 24.6 Å². The Morgan fingerprint density at radius 1 is 1.42 bits per heavy atom. The van der Waals surface area contributed by atoms with Crippen molar-refractivity contribution in [3.8, 4) is 5.88 Å². The molecule has 2 aromatic heterocycles. The molecule has 0 bridgehead atoms. The number of hydrogen-bond acceptors (Lipinski definition) is 6. The summed E-state index contributed by atoms with van der Waals surface area (Å²) in [6.45, 7) is 3.56. The highest BCUT2D eigenvalue weighted by atomic mass is 16.5. The zero-order valence-corrected chi connectivity index (χ0v) is 10.6. The Labute approximate surface area is 107 Å². The molecule has 2 aromatic rings. The molecule has 8 heteroatoms. The van der Waals surface area contributed by atoms with Crippen LogP contribution < -0.4 is 11.2 Å². The van der Waals surface area contributed by atoms with E-state index < -0.39 is 11.2 Å². The maximum absolute atomic E-state index is 11.6. The second-order valence-corrected chi connectivity index (χ2v) is 4.05. The molecular weight excluding hydrogens is 252 g/mol. The van der Waals surface area contributed by atoms with Gasteiger partial charge in [0, 0.05) is 13.0 Å². The number of H-pyrrole nitrogens is 1. The Morgan fingerprint density at radius 2 is 2.16 bits per heavy atom. The molecule has 0 aromatic carbocycles. The summed E-state index contributed by atoms with van der Waals surface area (Å²) in [5.74, 6) is 0.558. The van der Waals surface area contributed by atoms with Gasteiger partial charge in [-0.2, -0.15) is 4.98 Å². The van der Waals surface area contributed by atoms with Crippen molar-refractivity contribution in [2.75, 3.05) is 0 Å². The Hall–Kier alpha value is -2.38. The summed E-state index contributed by atoms with van der Waals surface area (Å²) in [6, 6.07) is 0. The van der Waals surface area contributed by atoms with Gasteiger partial charge in [0.25, 0.3) is 5.56 Å². The van der Waals surface area contributed by atoms with Crippen LogP contribution in [0.3, 0.4) is 0 Å². The lowest BCUT2D eigenvalue weighted by Crippen LogP contribution is -2.32. The minimum atomic E-state index is -0.657. The van der Waals surface area contributed by atoms with Crippen molar-refractivity contribution in [2.45, 2.75) is 33.2 Å². The van der Waals surface area contributed by atoms with Gasteiger partial charge in [-0.25, -0.2) is 4.79 Å². The summed E-state index contributed by atoms with van der Waals surface area (Å²) in [5, 5.41) is 13.5. The number of aryl methyl sites for hydroxylation is 2. The molecule has 0 spiro atoms. The first-order valence-corrected chi connectivity index (χ1v) is 5.87. The second-order valence-electron chi connectivity index (χ2n) is 4.05. The number of rotatable bonds is 4. The number of aromatic amines is 1. The monoisotopic (exact) mass is 266 g/mol. The van der Waals surface area contributed by atoms with Gasteiger partial charge in [0.05, 0.1) is 5.56 Å². The zero-order valence-electron chi connectivity index (χ0n) is 10.6. The average molecular weight is 266 g/mol. The first-order valence-electron chi connectivity index (χ1n) is 5.87. The fraction of sp³-hybridized carbons (Fsp3) is 0.455. The van der Waals surface area contributed by atoms with Crippen LogP contribution in [-0.4, -0.2) is 24.8 Å². The maximum Gasteiger partial charge on any atom is 0.331 e. The fourth-order valence-electron chi connectivity index (χ4n) is 1.78. The highest BCUT2D eigenvalue weighted by molar-refractivity contribution is 5.22.